The lowest BCUT2D eigenvalue weighted by atomic mass is 10.2. The van der Waals surface area contributed by atoms with Crippen molar-refractivity contribution in [2.24, 2.45) is 0 Å². The third kappa shape index (κ3) is 4.76. The molecule has 1 fully saturated rings. The number of unbranched alkanes of at least 4 members (excludes halogenated alkanes) is 1. The van der Waals surface area contributed by atoms with Crippen molar-refractivity contribution in [3.63, 3.8) is 0 Å². The second kappa shape index (κ2) is 8.06. The van der Waals surface area contributed by atoms with Gasteiger partial charge < -0.3 is 25.0 Å². The van der Waals surface area contributed by atoms with Crippen LogP contribution in [-0.2, 0) is 6.54 Å². The van der Waals surface area contributed by atoms with E-state index in [-0.39, 0.29) is 12.8 Å². The Kier molecular flexibility index (Phi) is 5.58. The van der Waals surface area contributed by atoms with Crippen molar-refractivity contribution in [1.29, 1.82) is 0 Å². The Hall–Kier alpha value is -1.95. The minimum absolute atomic E-state index is 0.121. The number of carbonyl (C=O) groups is 1. The molecular formula is C17H25N3O3. The molecule has 0 radical (unpaired) electrons. The number of carbonyl (C=O) groups excluding carboxylic acids is 1. The summed E-state index contributed by atoms with van der Waals surface area (Å²) in [6, 6.07) is 5.59. The lowest BCUT2D eigenvalue weighted by Crippen LogP contribution is -2.35. The van der Waals surface area contributed by atoms with Gasteiger partial charge >= 0.3 is 6.03 Å². The van der Waals surface area contributed by atoms with Crippen LogP contribution in [0.25, 0.3) is 0 Å². The molecule has 0 unspecified atom stereocenters. The number of fused-ring (bicyclic) bond motifs is 1. The van der Waals surface area contributed by atoms with Crippen molar-refractivity contribution < 1.29 is 14.3 Å². The number of benzene rings is 1. The number of hydrogen-bond acceptors (Lipinski definition) is 4. The molecule has 6 nitrogen and oxygen atoms in total. The average molecular weight is 319 g/mol. The Morgan fingerprint density at radius 3 is 2.78 bits per heavy atom. The van der Waals surface area contributed by atoms with Gasteiger partial charge in [0.1, 0.15) is 0 Å². The fraction of sp³-hybridized carbons (Fsp3) is 0.588. The van der Waals surface area contributed by atoms with Crippen LogP contribution in [0.4, 0.5) is 4.79 Å². The van der Waals surface area contributed by atoms with E-state index in [0.29, 0.717) is 6.54 Å². The highest BCUT2D eigenvalue weighted by Crippen LogP contribution is 2.32. The van der Waals surface area contributed by atoms with Crippen molar-refractivity contribution in [3.8, 4) is 11.5 Å². The van der Waals surface area contributed by atoms with Crippen LogP contribution in [0.5, 0.6) is 11.5 Å². The molecule has 3 rings (SSSR count). The lowest BCUT2D eigenvalue weighted by Gasteiger charge is -2.14. The predicted molar refractivity (Wildman–Crippen MR) is 87.7 cm³/mol. The van der Waals surface area contributed by atoms with Crippen LogP contribution >= 0.6 is 0 Å². The van der Waals surface area contributed by atoms with Crippen LogP contribution < -0.4 is 20.1 Å². The van der Waals surface area contributed by atoms with Gasteiger partial charge in [0.2, 0.25) is 6.79 Å². The molecule has 0 aliphatic carbocycles. The van der Waals surface area contributed by atoms with E-state index in [0.717, 1.165) is 43.0 Å². The molecule has 2 amide bonds. The van der Waals surface area contributed by atoms with Gasteiger partial charge in [0.15, 0.2) is 11.5 Å². The molecule has 0 aromatic heterocycles. The molecule has 1 aromatic rings. The monoisotopic (exact) mass is 319 g/mol. The Morgan fingerprint density at radius 1 is 1.09 bits per heavy atom. The summed E-state index contributed by atoms with van der Waals surface area (Å²) in [7, 11) is 0. The molecule has 1 aromatic carbocycles. The van der Waals surface area contributed by atoms with E-state index < -0.39 is 0 Å². The minimum Gasteiger partial charge on any atom is -0.454 e. The topological polar surface area (TPSA) is 62.8 Å². The van der Waals surface area contributed by atoms with Gasteiger partial charge in [-0.15, -0.1) is 0 Å². The van der Waals surface area contributed by atoms with Crippen molar-refractivity contribution in [2.75, 3.05) is 33.0 Å². The second-order valence-corrected chi connectivity index (χ2v) is 6.05. The second-order valence-electron chi connectivity index (χ2n) is 6.05. The van der Waals surface area contributed by atoms with Crippen LogP contribution in [-0.4, -0.2) is 43.9 Å². The van der Waals surface area contributed by atoms with Gasteiger partial charge in [0.05, 0.1) is 0 Å². The Bertz CT molecular complexity index is 530. The normalized spacial score (nSPS) is 16.5. The summed E-state index contributed by atoms with van der Waals surface area (Å²) in [5.41, 5.74) is 0.999. The highest BCUT2D eigenvalue weighted by Gasteiger charge is 2.13. The third-order valence-corrected chi connectivity index (χ3v) is 4.28. The first-order valence-corrected chi connectivity index (χ1v) is 8.44. The van der Waals surface area contributed by atoms with Crippen molar-refractivity contribution in [2.45, 2.75) is 32.2 Å². The third-order valence-electron chi connectivity index (χ3n) is 4.28. The standard InChI is InChI=1S/C17H25N3O3/c21-17(18-7-1-2-8-20-9-3-4-10-20)19-12-14-5-6-15-16(11-14)23-13-22-15/h5-6,11H,1-4,7-10,12-13H2,(H2,18,19,21). The molecule has 0 atom stereocenters. The van der Waals surface area contributed by atoms with E-state index in [1.54, 1.807) is 0 Å². The van der Waals surface area contributed by atoms with Gasteiger partial charge in [0, 0.05) is 13.1 Å². The van der Waals surface area contributed by atoms with Crippen LogP contribution in [0.2, 0.25) is 0 Å². The molecule has 2 aliphatic rings. The maximum Gasteiger partial charge on any atom is 0.315 e. The first kappa shape index (κ1) is 15.9. The molecule has 23 heavy (non-hydrogen) atoms. The zero-order valence-electron chi connectivity index (χ0n) is 13.5. The first-order chi connectivity index (χ1) is 11.3. The van der Waals surface area contributed by atoms with Crippen molar-refractivity contribution >= 4 is 6.03 Å². The summed E-state index contributed by atoms with van der Waals surface area (Å²) in [4.78, 5) is 14.3. The summed E-state index contributed by atoms with van der Waals surface area (Å²) in [5, 5.41) is 5.77. The molecule has 1 saturated heterocycles. The zero-order chi connectivity index (χ0) is 15.9. The van der Waals surface area contributed by atoms with Gasteiger partial charge in [-0.25, -0.2) is 4.79 Å². The summed E-state index contributed by atoms with van der Waals surface area (Å²) in [6.45, 7) is 5.11. The molecule has 0 bridgehead atoms. The molecule has 0 spiro atoms. The van der Waals surface area contributed by atoms with Crippen LogP contribution in [0, 0.1) is 0 Å². The molecule has 6 heteroatoms. The van der Waals surface area contributed by atoms with Gasteiger partial charge in [-0.1, -0.05) is 6.07 Å². The number of urea groups is 1. The van der Waals surface area contributed by atoms with Crippen LogP contribution in [0.15, 0.2) is 18.2 Å². The molecule has 2 aliphatic heterocycles. The summed E-state index contributed by atoms with van der Waals surface area (Å²) in [5.74, 6) is 1.50. The Labute approximate surface area is 137 Å². The fourth-order valence-electron chi connectivity index (χ4n) is 2.96. The number of nitrogens with zero attached hydrogens (tertiary/aromatic N) is 1. The number of hydrogen-bond donors (Lipinski definition) is 2. The first-order valence-electron chi connectivity index (χ1n) is 8.44. The summed E-state index contributed by atoms with van der Waals surface area (Å²) >= 11 is 0. The van der Waals surface area contributed by atoms with Gasteiger partial charge in [-0.2, -0.15) is 0 Å². The number of nitrogens with one attached hydrogen (secondary N) is 2. The molecule has 2 N–H and O–H groups in total. The van der Waals surface area contributed by atoms with Gasteiger partial charge in [-0.05, 0) is 63.0 Å². The Balaban J connectivity index is 1.27. The molecule has 0 saturated carbocycles. The molecular weight excluding hydrogens is 294 g/mol. The van der Waals surface area contributed by atoms with E-state index in [9.17, 15) is 4.79 Å². The summed E-state index contributed by atoms with van der Waals surface area (Å²) in [6.07, 6.45) is 4.83. The molecule has 2 heterocycles. The van der Waals surface area contributed by atoms with Gasteiger partial charge in [0.25, 0.3) is 0 Å². The SMILES string of the molecule is O=C(NCCCCN1CCCC1)NCc1ccc2c(c1)OCO2. The average Bonchev–Trinajstić information content (AvgIpc) is 3.23. The fourth-order valence-corrected chi connectivity index (χ4v) is 2.96. The highest BCUT2D eigenvalue weighted by atomic mass is 16.7. The van der Waals surface area contributed by atoms with E-state index in [1.165, 1.54) is 25.9 Å². The highest BCUT2D eigenvalue weighted by molar-refractivity contribution is 5.73. The molecule has 126 valence electrons. The van der Waals surface area contributed by atoms with E-state index >= 15 is 0 Å². The minimum atomic E-state index is -0.121. The zero-order valence-corrected chi connectivity index (χ0v) is 13.5. The number of rotatable bonds is 7. The van der Waals surface area contributed by atoms with E-state index in [1.807, 2.05) is 18.2 Å². The predicted octanol–water partition coefficient (Wildman–Crippen LogP) is 2.09. The maximum absolute atomic E-state index is 11.8. The summed E-state index contributed by atoms with van der Waals surface area (Å²) < 4.78 is 10.6. The lowest BCUT2D eigenvalue weighted by molar-refractivity contribution is 0.174. The van der Waals surface area contributed by atoms with Crippen LogP contribution in [0.1, 0.15) is 31.2 Å². The Morgan fingerprint density at radius 2 is 1.91 bits per heavy atom. The van der Waals surface area contributed by atoms with Crippen LogP contribution in [0.3, 0.4) is 0 Å². The smallest absolute Gasteiger partial charge is 0.315 e. The number of likely N-dealkylation sites (tertiary alicyclic amines) is 1. The van der Waals surface area contributed by atoms with E-state index in [4.69, 9.17) is 9.47 Å². The van der Waals surface area contributed by atoms with Gasteiger partial charge in [-0.3, -0.25) is 0 Å². The van der Waals surface area contributed by atoms with E-state index in [2.05, 4.69) is 15.5 Å². The quantitative estimate of drug-likeness (QED) is 0.756. The number of amides is 2. The van der Waals surface area contributed by atoms with Crippen molar-refractivity contribution in [3.05, 3.63) is 23.8 Å². The number of ether oxygens (including phenoxy) is 2. The maximum atomic E-state index is 11.8. The van der Waals surface area contributed by atoms with Crippen molar-refractivity contribution in [1.82, 2.24) is 15.5 Å². The largest absolute Gasteiger partial charge is 0.454 e.